The lowest BCUT2D eigenvalue weighted by Gasteiger charge is -2.29. The highest BCUT2D eigenvalue weighted by molar-refractivity contribution is 7.13. The van der Waals surface area contributed by atoms with E-state index in [0.29, 0.717) is 17.2 Å². The summed E-state index contributed by atoms with van der Waals surface area (Å²) in [6, 6.07) is 0. The largest absolute Gasteiger partial charge is 0.394 e. The molecule has 17 heavy (non-hydrogen) atoms. The minimum absolute atomic E-state index is 0.0927. The smallest absolute Gasteiger partial charge is 0.226 e. The van der Waals surface area contributed by atoms with Crippen molar-refractivity contribution in [2.45, 2.75) is 25.3 Å². The number of thiazole rings is 1. The maximum atomic E-state index is 11.7. The van der Waals surface area contributed by atoms with Gasteiger partial charge in [0.2, 0.25) is 5.91 Å². The molecule has 0 aromatic carbocycles. The van der Waals surface area contributed by atoms with Crippen LogP contribution in [0.3, 0.4) is 0 Å². The summed E-state index contributed by atoms with van der Waals surface area (Å²) in [7, 11) is 0. The average molecular weight is 259 g/mol. The summed E-state index contributed by atoms with van der Waals surface area (Å²) in [5, 5.41) is 23.1. The minimum Gasteiger partial charge on any atom is -0.394 e. The van der Waals surface area contributed by atoms with Crippen LogP contribution in [0.5, 0.6) is 0 Å². The third-order valence-corrected chi connectivity index (χ3v) is 3.32. The normalized spacial score (nSPS) is 11.5. The number of aliphatic hydroxyl groups excluding tert-OH is 2. The van der Waals surface area contributed by atoms with Crippen molar-refractivity contribution in [1.82, 2.24) is 10.3 Å². The van der Waals surface area contributed by atoms with Gasteiger partial charge in [0.15, 0.2) is 5.13 Å². The van der Waals surface area contributed by atoms with E-state index in [1.807, 2.05) is 0 Å². The number of nitrogens with zero attached hydrogens (tertiary/aromatic N) is 1. The Labute approximate surface area is 103 Å². The predicted molar refractivity (Wildman–Crippen MR) is 65.6 cm³/mol. The summed E-state index contributed by atoms with van der Waals surface area (Å²) < 4.78 is 0. The first-order chi connectivity index (χ1) is 8.05. The monoisotopic (exact) mass is 259 g/mol. The number of carbonyl (C=O) groups excluding carboxylic acids is 1. The first-order valence-electron chi connectivity index (χ1n) is 5.28. The molecule has 6 nitrogen and oxygen atoms in total. The molecule has 1 heterocycles. The van der Waals surface area contributed by atoms with Gasteiger partial charge in [-0.25, -0.2) is 4.98 Å². The molecular formula is C10H17N3O3S. The number of nitrogens with one attached hydrogen (secondary N) is 1. The number of rotatable bonds is 6. The summed E-state index contributed by atoms with van der Waals surface area (Å²) in [6.07, 6.45) is 0.542. The first kappa shape index (κ1) is 13.9. The second-order valence-corrected chi connectivity index (χ2v) is 4.74. The van der Waals surface area contributed by atoms with Crippen molar-refractivity contribution < 1.29 is 15.0 Å². The molecule has 0 aliphatic heterocycles. The molecule has 5 N–H and O–H groups in total. The number of nitrogen functional groups attached to an aromatic ring is 1. The summed E-state index contributed by atoms with van der Waals surface area (Å²) in [4.78, 5) is 15.7. The van der Waals surface area contributed by atoms with E-state index >= 15 is 0 Å². The lowest BCUT2D eigenvalue weighted by atomic mass is 9.98. The Kier molecular flexibility index (Phi) is 4.86. The van der Waals surface area contributed by atoms with Crippen LogP contribution in [0.2, 0.25) is 0 Å². The quantitative estimate of drug-likeness (QED) is 0.551. The standard InChI is InChI=1S/C10H17N3O3S/c1-2-10(5-14,6-15)13-8(16)3-7-4-17-9(11)12-7/h4,14-15H,2-3,5-6H2,1H3,(H2,11,12)(H,13,16). The van der Waals surface area contributed by atoms with Gasteiger partial charge in [0.1, 0.15) is 0 Å². The molecule has 0 radical (unpaired) electrons. The molecule has 0 atom stereocenters. The Morgan fingerprint density at radius 1 is 1.59 bits per heavy atom. The number of carbonyl (C=O) groups is 1. The van der Waals surface area contributed by atoms with Gasteiger partial charge < -0.3 is 21.3 Å². The molecule has 0 fully saturated rings. The second-order valence-electron chi connectivity index (χ2n) is 3.85. The first-order valence-corrected chi connectivity index (χ1v) is 6.16. The SMILES string of the molecule is CCC(CO)(CO)NC(=O)Cc1csc(N)n1. The van der Waals surface area contributed by atoms with Crippen molar-refractivity contribution >= 4 is 22.4 Å². The van der Waals surface area contributed by atoms with Crippen molar-refractivity contribution in [3.63, 3.8) is 0 Å². The fraction of sp³-hybridized carbons (Fsp3) is 0.600. The topological polar surface area (TPSA) is 108 Å². The molecule has 0 saturated carbocycles. The van der Waals surface area contributed by atoms with Crippen LogP contribution < -0.4 is 11.1 Å². The van der Waals surface area contributed by atoms with E-state index in [2.05, 4.69) is 10.3 Å². The number of hydrogen-bond donors (Lipinski definition) is 4. The van der Waals surface area contributed by atoms with Crippen molar-refractivity contribution in [3.05, 3.63) is 11.1 Å². The molecule has 7 heteroatoms. The van der Waals surface area contributed by atoms with Crippen LogP contribution >= 0.6 is 11.3 Å². The number of hydrogen-bond acceptors (Lipinski definition) is 6. The molecule has 0 spiro atoms. The number of amides is 1. The van der Waals surface area contributed by atoms with Crippen LogP contribution in [0.1, 0.15) is 19.0 Å². The summed E-state index contributed by atoms with van der Waals surface area (Å²) in [5.74, 6) is -0.291. The van der Waals surface area contributed by atoms with Crippen LogP contribution in [0, 0.1) is 0 Å². The molecule has 1 rings (SSSR count). The number of aliphatic hydroxyl groups is 2. The van der Waals surface area contributed by atoms with Gasteiger partial charge in [0, 0.05) is 5.38 Å². The Balaban J connectivity index is 2.59. The number of aromatic nitrogens is 1. The molecule has 1 aromatic rings. The van der Waals surface area contributed by atoms with Crippen molar-refractivity contribution in [2.75, 3.05) is 18.9 Å². The molecule has 1 aromatic heterocycles. The molecule has 0 bridgehead atoms. The predicted octanol–water partition coefficient (Wildman–Crippen LogP) is -0.483. The van der Waals surface area contributed by atoms with Gasteiger partial charge in [-0.15, -0.1) is 11.3 Å². The van der Waals surface area contributed by atoms with Gasteiger partial charge >= 0.3 is 0 Å². The highest BCUT2D eigenvalue weighted by Gasteiger charge is 2.28. The van der Waals surface area contributed by atoms with Gasteiger partial charge in [-0.1, -0.05) is 6.92 Å². The van der Waals surface area contributed by atoms with Crippen molar-refractivity contribution in [1.29, 1.82) is 0 Å². The third kappa shape index (κ3) is 3.65. The van der Waals surface area contributed by atoms with E-state index in [1.54, 1.807) is 12.3 Å². The lowest BCUT2D eigenvalue weighted by Crippen LogP contribution is -2.54. The zero-order valence-corrected chi connectivity index (χ0v) is 10.5. The van der Waals surface area contributed by atoms with Gasteiger partial charge in [0.25, 0.3) is 0 Å². The molecule has 0 aliphatic rings. The Morgan fingerprint density at radius 2 is 2.24 bits per heavy atom. The Bertz CT molecular complexity index is 368. The second kappa shape index (κ2) is 5.95. The highest BCUT2D eigenvalue weighted by atomic mass is 32.1. The van der Waals surface area contributed by atoms with Gasteiger partial charge in [-0.05, 0) is 6.42 Å². The fourth-order valence-electron chi connectivity index (χ4n) is 1.35. The summed E-state index contributed by atoms with van der Waals surface area (Å²) in [6.45, 7) is 1.18. The van der Waals surface area contributed by atoms with Crippen LogP contribution in [0.15, 0.2) is 5.38 Å². The lowest BCUT2D eigenvalue weighted by molar-refractivity contribution is -0.123. The fourth-order valence-corrected chi connectivity index (χ4v) is 1.91. The third-order valence-electron chi connectivity index (χ3n) is 2.60. The van der Waals surface area contributed by atoms with E-state index in [0.717, 1.165) is 0 Å². The van der Waals surface area contributed by atoms with E-state index in [4.69, 9.17) is 5.73 Å². The van der Waals surface area contributed by atoms with Gasteiger partial charge in [-0.3, -0.25) is 4.79 Å². The van der Waals surface area contributed by atoms with Crippen molar-refractivity contribution in [2.24, 2.45) is 0 Å². The van der Waals surface area contributed by atoms with Crippen LogP contribution in [0.4, 0.5) is 5.13 Å². The summed E-state index contributed by atoms with van der Waals surface area (Å²) in [5.41, 5.74) is 5.08. The van der Waals surface area contributed by atoms with E-state index < -0.39 is 5.54 Å². The van der Waals surface area contributed by atoms with E-state index in [9.17, 15) is 15.0 Å². The average Bonchev–Trinajstić information content (AvgIpc) is 2.72. The number of nitrogens with two attached hydrogens (primary N) is 1. The molecule has 0 saturated heterocycles. The zero-order valence-electron chi connectivity index (χ0n) is 9.64. The molecular weight excluding hydrogens is 242 g/mol. The summed E-state index contributed by atoms with van der Waals surface area (Å²) >= 11 is 1.27. The maximum absolute atomic E-state index is 11.7. The highest BCUT2D eigenvalue weighted by Crippen LogP contribution is 2.13. The molecule has 96 valence electrons. The van der Waals surface area contributed by atoms with Crippen molar-refractivity contribution in [3.8, 4) is 0 Å². The van der Waals surface area contributed by atoms with E-state index in [-0.39, 0.29) is 25.5 Å². The Morgan fingerprint density at radius 3 is 2.65 bits per heavy atom. The minimum atomic E-state index is -0.960. The zero-order chi connectivity index (χ0) is 12.9. The van der Waals surface area contributed by atoms with Crippen LogP contribution in [-0.2, 0) is 11.2 Å². The Hall–Kier alpha value is -1.18. The maximum Gasteiger partial charge on any atom is 0.226 e. The van der Waals surface area contributed by atoms with Gasteiger partial charge in [0.05, 0.1) is 30.9 Å². The molecule has 0 unspecified atom stereocenters. The number of anilines is 1. The van der Waals surface area contributed by atoms with Crippen LogP contribution in [0.25, 0.3) is 0 Å². The molecule has 0 aliphatic carbocycles. The van der Waals surface area contributed by atoms with E-state index in [1.165, 1.54) is 11.3 Å². The van der Waals surface area contributed by atoms with Crippen LogP contribution in [-0.4, -0.2) is 39.9 Å². The molecule has 1 amide bonds. The van der Waals surface area contributed by atoms with Gasteiger partial charge in [-0.2, -0.15) is 0 Å².